The first-order chi connectivity index (χ1) is 24.3. The van der Waals surface area contributed by atoms with Crippen LogP contribution in [0.4, 0.5) is 22.9 Å². The lowest BCUT2D eigenvalue weighted by molar-refractivity contribution is -0.000511. The van der Waals surface area contributed by atoms with Crippen LogP contribution in [-0.2, 0) is 4.74 Å². The number of carbonyl (C=O) groups excluding carboxylic acids is 3. The van der Waals surface area contributed by atoms with Gasteiger partial charge in [0.1, 0.15) is 5.82 Å². The number of anilines is 3. The van der Waals surface area contributed by atoms with Gasteiger partial charge in [0, 0.05) is 60.8 Å². The molecule has 1 aromatic heterocycles. The van der Waals surface area contributed by atoms with Crippen molar-refractivity contribution in [2.45, 2.75) is 51.6 Å². The molecule has 1 atom stereocenters. The molecule has 8 rings (SSSR count). The number of ether oxygens (including phenoxy) is 1. The molecule has 3 amide bonds. The number of amides is 3. The number of hydrogen-bond acceptors (Lipinski definition) is 7. The Labute approximate surface area is 291 Å². The minimum Gasteiger partial charge on any atom is -0.381 e. The predicted molar refractivity (Wildman–Crippen MR) is 194 cm³/mol. The Bertz CT molecular complexity index is 1990. The van der Waals surface area contributed by atoms with Crippen LogP contribution in [-0.4, -0.2) is 66.8 Å². The zero-order valence-electron chi connectivity index (χ0n) is 28.3. The molecule has 3 aliphatic heterocycles. The lowest BCUT2D eigenvalue weighted by Crippen LogP contribution is -2.59. The first kappa shape index (κ1) is 31.9. The molecule has 0 bridgehead atoms. The Hall–Kier alpha value is -5.35. The van der Waals surface area contributed by atoms with Crippen molar-refractivity contribution in [1.82, 2.24) is 10.3 Å². The molecule has 3 fully saturated rings. The van der Waals surface area contributed by atoms with Crippen LogP contribution < -0.4 is 20.4 Å². The highest BCUT2D eigenvalue weighted by molar-refractivity contribution is 6.18. The van der Waals surface area contributed by atoms with E-state index >= 15 is 0 Å². The lowest BCUT2D eigenvalue weighted by atomic mass is 9.73. The Kier molecular flexibility index (Phi) is 8.19. The number of nitrogens with zero attached hydrogens (tertiary/aromatic N) is 4. The van der Waals surface area contributed by atoms with E-state index in [9.17, 15) is 14.4 Å². The number of aromatic nitrogens is 1. The Morgan fingerprint density at radius 3 is 2.30 bits per heavy atom. The number of carbonyl (C=O) groups is 3. The summed E-state index contributed by atoms with van der Waals surface area (Å²) in [6.45, 7) is 7.21. The van der Waals surface area contributed by atoms with Crippen molar-refractivity contribution >= 4 is 46.3 Å². The fraction of sp³-hybridized carbons (Fsp3) is 0.325. The first-order valence-corrected chi connectivity index (χ1v) is 17.4. The maximum atomic E-state index is 14.2. The van der Waals surface area contributed by atoms with Gasteiger partial charge < -0.3 is 20.3 Å². The number of fused-ring (bicyclic) bond motifs is 1. The molecule has 4 aromatic rings. The third-order valence-corrected chi connectivity index (χ3v) is 10.3. The van der Waals surface area contributed by atoms with E-state index in [0.29, 0.717) is 33.9 Å². The van der Waals surface area contributed by atoms with Crippen molar-refractivity contribution in [3.8, 4) is 0 Å². The quantitative estimate of drug-likeness (QED) is 0.238. The largest absolute Gasteiger partial charge is 0.381 e. The molecule has 3 aromatic carbocycles. The van der Waals surface area contributed by atoms with Crippen molar-refractivity contribution in [2.75, 3.05) is 41.4 Å². The highest BCUT2D eigenvalue weighted by Crippen LogP contribution is 2.42. The number of pyridine rings is 1. The second kappa shape index (κ2) is 12.8. The van der Waals surface area contributed by atoms with E-state index < -0.39 is 0 Å². The summed E-state index contributed by atoms with van der Waals surface area (Å²) in [6.07, 6.45) is 5.93. The van der Waals surface area contributed by atoms with E-state index in [1.54, 1.807) is 35.4 Å². The number of benzene rings is 3. The molecule has 1 spiro atoms. The molecule has 1 saturated carbocycles. The second-order valence-corrected chi connectivity index (χ2v) is 14.0. The minimum atomic E-state index is -0.378. The van der Waals surface area contributed by atoms with Gasteiger partial charge >= 0.3 is 0 Å². The van der Waals surface area contributed by atoms with Gasteiger partial charge in [0.05, 0.1) is 28.7 Å². The summed E-state index contributed by atoms with van der Waals surface area (Å²) in [4.78, 5) is 53.9. The van der Waals surface area contributed by atoms with Crippen molar-refractivity contribution < 1.29 is 19.1 Å². The van der Waals surface area contributed by atoms with Crippen molar-refractivity contribution in [3.63, 3.8) is 0 Å². The molecule has 4 heterocycles. The Balaban J connectivity index is 0.988. The molecule has 1 aliphatic carbocycles. The van der Waals surface area contributed by atoms with E-state index in [2.05, 4.69) is 20.5 Å². The van der Waals surface area contributed by atoms with E-state index in [4.69, 9.17) is 9.73 Å². The molecule has 10 nitrogen and oxygen atoms in total. The second-order valence-electron chi connectivity index (χ2n) is 14.0. The van der Waals surface area contributed by atoms with Crippen LogP contribution >= 0.6 is 0 Å². The van der Waals surface area contributed by atoms with Crippen molar-refractivity contribution in [2.24, 2.45) is 10.4 Å². The van der Waals surface area contributed by atoms with Crippen LogP contribution in [0.3, 0.4) is 0 Å². The molecule has 4 aliphatic rings. The fourth-order valence-corrected chi connectivity index (χ4v) is 7.24. The lowest BCUT2D eigenvalue weighted by Gasteiger charge is -2.53. The summed E-state index contributed by atoms with van der Waals surface area (Å²) in [5, 5.41) is 6.05. The Morgan fingerprint density at radius 2 is 1.58 bits per heavy atom. The Morgan fingerprint density at radius 1 is 0.880 bits per heavy atom. The number of aryl methyl sites for hydroxylation is 1. The zero-order chi connectivity index (χ0) is 34.4. The van der Waals surface area contributed by atoms with Gasteiger partial charge in [0.2, 0.25) is 0 Å². The molecule has 2 saturated heterocycles. The molecule has 254 valence electrons. The SMILES string of the molecule is Cc1cnc(N2CC3(CCOCC3)C2)c(C(=O)Nc2ccc(C(=O)N3c4ccccc4N=C(c4ccc(C(=O)NC5CC5)cc4)C3C)cc2)c1. The number of rotatable bonds is 7. The van der Waals surface area contributed by atoms with Gasteiger partial charge in [-0.05, 0) is 105 Å². The van der Waals surface area contributed by atoms with E-state index in [1.807, 2.05) is 68.4 Å². The zero-order valence-corrected chi connectivity index (χ0v) is 28.3. The average Bonchev–Trinajstić information content (AvgIpc) is 3.95. The summed E-state index contributed by atoms with van der Waals surface area (Å²) in [7, 11) is 0. The van der Waals surface area contributed by atoms with Gasteiger partial charge in [-0.3, -0.25) is 19.3 Å². The highest BCUT2D eigenvalue weighted by atomic mass is 16.5. The van der Waals surface area contributed by atoms with Crippen LogP contribution in [0, 0.1) is 12.3 Å². The van der Waals surface area contributed by atoms with Crippen molar-refractivity contribution in [3.05, 3.63) is 113 Å². The van der Waals surface area contributed by atoms with Crippen molar-refractivity contribution in [1.29, 1.82) is 0 Å². The van der Waals surface area contributed by atoms with Crippen LogP contribution in [0.2, 0.25) is 0 Å². The van der Waals surface area contributed by atoms with Gasteiger partial charge in [-0.15, -0.1) is 0 Å². The third kappa shape index (κ3) is 6.15. The molecular formula is C40H40N6O4. The standard InChI is InChI=1S/C40H40N6O4/c1-25-21-32(36(41-22-25)45-23-40(24-45)17-19-50-20-18-40)38(48)43-30-13-11-29(12-14-30)39(49)46-26(2)35(44-33-5-3-4-6-34(33)46)27-7-9-28(10-8-27)37(47)42-31-15-16-31/h3-14,21-22,26,31H,15-20,23-24H2,1-2H3,(H,42,47)(H,43,48). The maximum absolute atomic E-state index is 14.2. The van der Waals surface area contributed by atoms with Crippen LogP contribution in [0.25, 0.3) is 0 Å². The first-order valence-electron chi connectivity index (χ1n) is 17.4. The van der Waals surface area contributed by atoms with E-state index in [1.165, 1.54) is 0 Å². The predicted octanol–water partition coefficient (Wildman–Crippen LogP) is 6.32. The number of hydrogen-bond donors (Lipinski definition) is 2. The summed E-state index contributed by atoms with van der Waals surface area (Å²) < 4.78 is 5.57. The average molecular weight is 669 g/mol. The minimum absolute atomic E-state index is 0.0740. The smallest absolute Gasteiger partial charge is 0.259 e. The topological polar surface area (TPSA) is 116 Å². The van der Waals surface area contributed by atoms with Gasteiger partial charge in [-0.25, -0.2) is 9.98 Å². The van der Waals surface area contributed by atoms with Gasteiger partial charge in [0.15, 0.2) is 0 Å². The van der Waals surface area contributed by atoms with E-state index in [0.717, 1.165) is 74.5 Å². The van der Waals surface area contributed by atoms with E-state index in [-0.39, 0.29) is 35.2 Å². The van der Waals surface area contributed by atoms with Gasteiger partial charge in [0.25, 0.3) is 17.7 Å². The van der Waals surface area contributed by atoms with Crippen LogP contribution in [0.1, 0.15) is 74.8 Å². The number of para-hydroxylation sites is 2. The number of nitrogens with one attached hydrogen (secondary N) is 2. The summed E-state index contributed by atoms with van der Waals surface area (Å²) in [5.74, 6) is 0.206. The molecule has 2 N–H and O–H groups in total. The van der Waals surface area contributed by atoms with Crippen LogP contribution in [0.5, 0.6) is 0 Å². The highest BCUT2D eigenvalue weighted by Gasteiger charge is 2.45. The third-order valence-electron chi connectivity index (χ3n) is 10.3. The normalized spacial score (nSPS) is 19.2. The molecular weight excluding hydrogens is 628 g/mol. The van der Waals surface area contributed by atoms with Crippen LogP contribution in [0.15, 0.2) is 90.1 Å². The summed E-state index contributed by atoms with van der Waals surface area (Å²) in [5.41, 5.74) is 6.37. The monoisotopic (exact) mass is 668 g/mol. The van der Waals surface area contributed by atoms with Gasteiger partial charge in [-0.2, -0.15) is 0 Å². The summed E-state index contributed by atoms with van der Waals surface area (Å²) in [6, 6.07) is 23.8. The molecule has 50 heavy (non-hydrogen) atoms. The maximum Gasteiger partial charge on any atom is 0.259 e. The fourth-order valence-electron chi connectivity index (χ4n) is 7.24. The molecule has 10 heteroatoms. The van der Waals surface area contributed by atoms with Gasteiger partial charge in [-0.1, -0.05) is 24.3 Å². The molecule has 1 unspecified atom stereocenters. The number of aliphatic imine (C=N–C) groups is 1. The summed E-state index contributed by atoms with van der Waals surface area (Å²) >= 11 is 0. The molecule has 0 radical (unpaired) electrons.